The van der Waals surface area contributed by atoms with Crippen LogP contribution in [0.2, 0.25) is 0 Å². The number of anilines is 1. The largest absolute Gasteiger partial charge is 0.493 e. The summed E-state index contributed by atoms with van der Waals surface area (Å²) < 4.78 is 17.3. The van der Waals surface area contributed by atoms with E-state index in [9.17, 15) is 4.79 Å². The van der Waals surface area contributed by atoms with Crippen molar-refractivity contribution in [3.63, 3.8) is 0 Å². The number of aromatic nitrogens is 2. The van der Waals surface area contributed by atoms with Crippen molar-refractivity contribution in [2.75, 3.05) is 26.2 Å². The molecule has 7 nitrogen and oxygen atoms in total. The lowest BCUT2D eigenvalue weighted by molar-refractivity contribution is -0.114. The lowest BCUT2D eigenvalue weighted by Gasteiger charge is -2.18. The van der Waals surface area contributed by atoms with Crippen LogP contribution in [0.3, 0.4) is 0 Å². The molecule has 0 N–H and O–H groups in total. The molecule has 1 amide bonds. The van der Waals surface area contributed by atoms with E-state index in [1.807, 2.05) is 31.2 Å². The molecule has 180 valence electrons. The summed E-state index contributed by atoms with van der Waals surface area (Å²) in [7, 11) is 4.67. The van der Waals surface area contributed by atoms with E-state index >= 15 is 0 Å². The van der Waals surface area contributed by atoms with Crippen molar-refractivity contribution in [3.8, 4) is 17.2 Å². The van der Waals surface area contributed by atoms with Gasteiger partial charge in [0.05, 0.1) is 43.8 Å². The molecule has 0 atom stereocenters. The van der Waals surface area contributed by atoms with Gasteiger partial charge in [-0.2, -0.15) is 0 Å². The van der Waals surface area contributed by atoms with Crippen LogP contribution in [0.15, 0.2) is 54.7 Å². The second kappa shape index (κ2) is 10.6. The summed E-state index contributed by atoms with van der Waals surface area (Å²) in [6.45, 7) is 4.41. The number of pyridine rings is 1. The van der Waals surface area contributed by atoms with Gasteiger partial charge in [-0.1, -0.05) is 23.5 Å². The Labute approximate surface area is 208 Å². The van der Waals surface area contributed by atoms with E-state index in [-0.39, 0.29) is 5.91 Å². The van der Waals surface area contributed by atoms with Gasteiger partial charge in [0.15, 0.2) is 16.6 Å². The van der Waals surface area contributed by atoms with Gasteiger partial charge in [-0.25, -0.2) is 4.98 Å². The fourth-order valence-electron chi connectivity index (χ4n) is 3.83. The van der Waals surface area contributed by atoms with E-state index in [4.69, 9.17) is 19.2 Å². The molecule has 0 aliphatic carbocycles. The van der Waals surface area contributed by atoms with Crippen LogP contribution in [0.1, 0.15) is 22.4 Å². The minimum absolute atomic E-state index is 0.210. The second-order valence-corrected chi connectivity index (χ2v) is 8.94. The predicted octanol–water partition coefficient (Wildman–Crippen LogP) is 5.58. The number of methoxy groups -OCH3 is 3. The standard InChI is InChI=1S/C27H27N3O4S/c1-17-12-18(2)26-21(13-17)29-27(35-26)30(16-20-8-6-7-11-28-20)24(31)10-9-19-14-22(32-3)25(34-5)23(15-19)33-4/h6-15H,16H2,1-5H3/b10-9+. The normalized spacial score (nSPS) is 11.1. The molecule has 0 unspecified atom stereocenters. The number of amides is 1. The molecule has 0 saturated carbocycles. The highest BCUT2D eigenvalue weighted by Crippen LogP contribution is 2.38. The van der Waals surface area contributed by atoms with Gasteiger partial charge < -0.3 is 14.2 Å². The fourth-order valence-corrected chi connectivity index (χ4v) is 4.85. The third-order valence-electron chi connectivity index (χ3n) is 5.46. The zero-order valence-electron chi connectivity index (χ0n) is 20.4. The molecule has 35 heavy (non-hydrogen) atoms. The lowest BCUT2D eigenvalue weighted by atomic mass is 10.1. The average molecular weight is 490 g/mol. The van der Waals surface area contributed by atoms with Crippen molar-refractivity contribution in [2.45, 2.75) is 20.4 Å². The molecule has 2 aromatic carbocycles. The Bertz CT molecular complexity index is 1360. The van der Waals surface area contributed by atoms with Gasteiger partial charge in [-0.05, 0) is 66.9 Å². The molecule has 0 spiro atoms. The fraction of sp³-hybridized carbons (Fsp3) is 0.222. The van der Waals surface area contributed by atoms with Crippen molar-refractivity contribution < 1.29 is 19.0 Å². The molecule has 0 radical (unpaired) electrons. The third-order valence-corrected chi connectivity index (χ3v) is 6.69. The van der Waals surface area contributed by atoms with Gasteiger partial charge >= 0.3 is 0 Å². The number of hydrogen-bond acceptors (Lipinski definition) is 7. The summed E-state index contributed by atoms with van der Waals surface area (Å²) in [5.74, 6) is 1.32. The number of aryl methyl sites for hydroxylation is 2. The van der Waals surface area contributed by atoms with Gasteiger partial charge in [0, 0.05) is 12.3 Å². The van der Waals surface area contributed by atoms with Gasteiger partial charge in [0.1, 0.15) is 0 Å². The van der Waals surface area contributed by atoms with Gasteiger partial charge in [0.2, 0.25) is 5.75 Å². The van der Waals surface area contributed by atoms with Gasteiger partial charge in [-0.3, -0.25) is 14.7 Å². The third kappa shape index (κ3) is 5.27. The first-order valence-electron chi connectivity index (χ1n) is 11.0. The van der Waals surface area contributed by atoms with Crippen molar-refractivity contribution in [1.82, 2.24) is 9.97 Å². The number of fused-ring (bicyclic) bond motifs is 1. The number of thiazole rings is 1. The van der Waals surface area contributed by atoms with Crippen molar-refractivity contribution >= 4 is 38.7 Å². The topological polar surface area (TPSA) is 73.8 Å². The molecule has 0 bridgehead atoms. The highest BCUT2D eigenvalue weighted by molar-refractivity contribution is 7.22. The molecule has 2 heterocycles. The molecule has 0 fully saturated rings. The van der Waals surface area contributed by atoms with E-state index in [1.165, 1.54) is 17.4 Å². The zero-order chi connectivity index (χ0) is 24.9. The van der Waals surface area contributed by atoms with Crippen molar-refractivity contribution in [1.29, 1.82) is 0 Å². The number of ether oxygens (including phenoxy) is 3. The van der Waals surface area contributed by atoms with Crippen molar-refractivity contribution in [3.05, 3.63) is 77.1 Å². The minimum Gasteiger partial charge on any atom is -0.493 e. The maximum Gasteiger partial charge on any atom is 0.253 e. The zero-order valence-corrected chi connectivity index (χ0v) is 21.2. The Morgan fingerprint density at radius 1 is 1.03 bits per heavy atom. The van der Waals surface area contributed by atoms with Crippen LogP contribution in [0.4, 0.5) is 5.13 Å². The Morgan fingerprint density at radius 3 is 2.40 bits per heavy atom. The van der Waals surface area contributed by atoms with E-state index < -0.39 is 0 Å². The SMILES string of the molecule is COc1cc(/C=C/C(=O)N(Cc2ccccn2)c2nc3cc(C)cc(C)c3s2)cc(OC)c1OC. The molecule has 0 aliphatic heterocycles. The Morgan fingerprint density at radius 2 is 1.77 bits per heavy atom. The van der Waals surface area contributed by atoms with Crippen LogP contribution < -0.4 is 19.1 Å². The number of carbonyl (C=O) groups is 1. The maximum atomic E-state index is 13.5. The van der Waals surface area contributed by atoms with Crippen LogP contribution in [0, 0.1) is 13.8 Å². The Balaban J connectivity index is 1.71. The van der Waals surface area contributed by atoms with Gasteiger partial charge in [0.25, 0.3) is 5.91 Å². The van der Waals surface area contributed by atoms with Crippen molar-refractivity contribution in [2.24, 2.45) is 0 Å². The summed E-state index contributed by atoms with van der Waals surface area (Å²) in [6.07, 6.45) is 4.96. The monoisotopic (exact) mass is 489 g/mol. The first-order valence-corrected chi connectivity index (χ1v) is 11.8. The molecule has 0 aliphatic rings. The lowest BCUT2D eigenvalue weighted by Crippen LogP contribution is -2.29. The minimum atomic E-state index is -0.210. The highest BCUT2D eigenvalue weighted by Gasteiger charge is 2.20. The summed E-state index contributed by atoms with van der Waals surface area (Å²) >= 11 is 1.50. The van der Waals surface area contributed by atoms with E-state index in [0.29, 0.717) is 28.9 Å². The van der Waals surface area contributed by atoms with E-state index in [2.05, 4.69) is 18.0 Å². The van der Waals surface area contributed by atoms with E-state index in [0.717, 1.165) is 32.6 Å². The predicted molar refractivity (Wildman–Crippen MR) is 140 cm³/mol. The molecule has 0 saturated heterocycles. The Kier molecular flexibility index (Phi) is 7.31. The first kappa shape index (κ1) is 24.2. The molecular weight excluding hydrogens is 462 g/mol. The summed E-state index contributed by atoms with van der Waals surface area (Å²) in [4.78, 5) is 24.3. The highest BCUT2D eigenvalue weighted by atomic mass is 32.1. The van der Waals surface area contributed by atoms with Crippen LogP contribution in [-0.2, 0) is 11.3 Å². The summed E-state index contributed by atoms with van der Waals surface area (Å²) in [6, 6.07) is 13.4. The summed E-state index contributed by atoms with van der Waals surface area (Å²) in [5.41, 5.74) is 4.67. The molecule has 8 heteroatoms. The maximum absolute atomic E-state index is 13.5. The van der Waals surface area contributed by atoms with E-state index in [1.54, 1.807) is 50.6 Å². The number of carbonyl (C=O) groups excluding carboxylic acids is 1. The quantitative estimate of drug-likeness (QED) is 0.301. The number of nitrogens with zero attached hydrogens (tertiary/aromatic N) is 3. The second-order valence-electron chi connectivity index (χ2n) is 7.96. The number of rotatable bonds is 8. The number of hydrogen-bond donors (Lipinski definition) is 0. The van der Waals surface area contributed by atoms with Gasteiger partial charge in [-0.15, -0.1) is 0 Å². The average Bonchev–Trinajstić information content (AvgIpc) is 3.29. The summed E-state index contributed by atoms with van der Waals surface area (Å²) in [5, 5.41) is 0.624. The first-order chi connectivity index (χ1) is 16.9. The van der Waals surface area contributed by atoms with Crippen LogP contribution in [0.5, 0.6) is 17.2 Å². The van der Waals surface area contributed by atoms with Crippen LogP contribution in [-0.4, -0.2) is 37.2 Å². The Hall–Kier alpha value is -3.91. The van der Waals surface area contributed by atoms with Crippen LogP contribution in [0.25, 0.3) is 16.3 Å². The molecular formula is C27H27N3O4S. The molecule has 4 rings (SSSR count). The molecule has 4 aromatic rings. The van der Waals surface area contributed by atoms with Crippen LogP contribution >= 0.6 is 11.3 Å². The number of benzene rings is 2. The smallest absolute Gasteiger partial charge is 0.253 e. The molecule has 2 aromatic heterocycles.